The summed E-state index contributed by atoms with van der Waals surface area (Å²) in [6.45, 7) is 10.7. The summed E-state index contributed by atoms with van der Waals surface area (Å²) in [5, 5.41) is 2.94. The number of carbonyl (C=O) groups excluding carboxylic acids is 3. The van der Waals surface area contributed by atoms with E-state index in [0.29, 0.717) is 24.4 Å². The molecule has 262 valence electrons. The maximum atomic E-state index is 13.0. The molecule has 0 unspecified atom stereocenters. The lowest BCUT2D eigenvalue weighted by Crippen LogP contribution is -2.42. The molecule has 1 N–H and O–H groups in total. The summed E-state index contributed by atoms with van der Waals surface area (Å²) in [7, 11) is 1.90. The summed E-state index contributed by atoms with van der Waals surface area (Å²) in [6.07, 6.45) is 4.60. The van der Waals surface area contributed by atoms with E-state index in [0.717, 1.165) is 87.3 Å². The molecule has 49 heavy (non-hydrogen) atoms. The van der Waals surface area contributed by atoms with Crippen molar-refractivity contribution in [1.29, 1.82) is 0 Å². The molecule has 0 aromatic heterocycles. The minimum absolute atomic E-state index is 0.123. The van der Waals surface area contributed by atoms with Gasteiger partial charge in [0.25, 0.3) is 0 Å². The number of hydrogen-bond acceptors (Lipinski definition) is 7. The van der Waals surface area contributed by atoms with Gasteiger partial charge in [0, 0.05) is 64.0 Å². The molecule has 9 heteroatoms. The summed E-state index contributed by atoms with van der Waals surface area (Å²) in [5.41, 5.74) is 3.90. The summed E-state index contributed by atoms with van der Waals surface area (Å²) >= 11 is 0. The van der Waals surface area contributed by atoms with E-state index in [1.807, 2.05) is 112 Å². The number of nitrogens with one attached hydrogen (secondary N) is 1. The second kappa shape index (κ2) is 16.8. The Morgan fingerprint density at radius 1 is 0.837 bits per heavy atom. The first-order chi connectivity index (χ1) is 23.5. The SMILES string of the molecule is CN(CCN1CCC(OC(=O)Nc2ccccc2-c2ccccc2)CC1)C(=O)CCC1CCN(c2ccc(C(=O)OC(C)(C)C)cc2)CC1. The number of likely N-dealkylation sites (N-methyl/N-ethyl adjacent to an activating group) is 1. The first-order valence-electron chi connectivity index (χ1n) is 17.7. The molecule has 0 saturated carbocycles. The number of carbonyl (C=O) groups is 3. The van der Waals surface area contributed by atoms with E-state index >= 15 is 0 Å². The number of benzene rings is 3. The smallest absolute Gasteiger partial charge is 0.411 e. The van der Waals surface area contributed by atoms with Crippen molar-refractivity contribution in [2.45, 2.75) is 71.0 Å². The summed E-state index contributed by atoms with van der Waals surface area (Å²) in [5.74, 6) is 0.439. The van der Waals surface area contributed by atoms with E-state index in [1.54, 1.807) is 0 Å². The van der Waals surface area contributed by atoms with Gasteiger partial charge in [-0.1, -0.05) is 48.5 Å². The van der Waals surface area contributed by atoms with E-state index in [9.17, 15) is 14.4 Å². The normalized spacial score (nSPS) is 16.2. The fraction of sp³-hybridized carbons (Fsp3) is 0.475. The molecule has 0 atom stereocenters. The van der Waals surface area contributed by atoms with Crippen molar-refractivity contribution in [2.75, 3.05) is 56.5 Å². The van der Waals surface area contributed by atoms with Gasteiger partial charge >= 0.3 is 12.1 Å². The molecular weight excluding hydrogens is 616 g/mol. The van der Waals surface area contributed by atoms with Gasteiger partial charge in [0.05, 0.1) is 11.3 Å². The summed E-state index contributed by atoms with van der Waals surface area (Å²) in [6, 6.07) is 25.4. The van der Waals surface area contributed by atoms with Crippen molar-refractivity contribution >= 4 is 29.3 Å². The molecule has 2 fully saturated rings. The van der Waals surface area contributed by atoms with Crippen LogP contribution in [0.3, 0.4) is 0 Å². The van der Waals surface area contributed by atoms with E-state index in [-0.39, 0.29) is 18.0 Å². The van der Waals surface area contributed by atoms with Crippen LogP contribution in [0.25, 0.3) is 11.1 Å². The lowest BCUT2D eigenvalue weighted by molar-refractivity contribution is -0.130. The molecule has 3 aromatic carbocycles. The first-order valence-corrected chi connectivity index (χ1v) is 17.7. The Kier molecular flexibility index (Phi) is 12.3. The van der Waals surface area contributed by atoms with Gasteiger partial charge in [-0.3, -0.25) is 10.1 Å². The lowest BCUT2D eigenvalue weighted by Gasteiger charge is -2.34. The summed E-state index contributed by atoms with van der Waals surface area (Å²) in [4.78, 5) is 44.6. The molecule has 3 aromatic rings. The van der Waals surface area contributed by atoms with Crippen LogP contribution in [-0.2, 0) is 14.3 Å². The van der Waals surface area contributed by atoms with Crippen LogP contribution in [0.5, 0.6) is 0 Å². The molecule has 2 saturated heterocycles. The molecular formula is C40H52N4O5. The van der Waals surface area contributed by atoms with Gasteiger partial charge in [-0.05, 0) is 94.7 Å². The van der Waals surface area contributed by atoms with Crippen molar-refractivity contribution in [2.24, 2.45) is 5.92 Å². The Bertz CT molecular complexity index is 1520. The monoisotopic (exact) mass is 668 g/mol. The quantitative estimate of drug-likeness (QED) is 0.212. The Labute approximate surface area is 291 Å². The third-order valence-corrected chi connectivity index (χ3v) is 9.48. The fourth-order valence-electron chi connectivity index (χ4n) is 6.56. The molecule has 9 nitrogen and oxygen atoms in total. The average Bonchev–Trinajstić information content (AvgIpc) is 3.10. The molecule has 2 heterocycles. The molecule has 2 aliphatic heterocycles. The Balaban J connectivity index is 0.954. The number of esters is 1. The van der Waals surface area contributed by atoms with Crippen LogP contribution in [0.15, 0.2) is 78.9 Å². The van der Waals surface area contributed by atoms with E-state index < -0.39 is 11.7 Å². The topological polar surface area (TPSA) is 91.4 Å². The van der Waals surface area contributed by atoms with Gasteiger partial charge in [0.15, 0.2) is 0 Å². The highest BCUT2D eigenvalue weighted by Crippen LogP contribution is 2.29. The predicted octanol–water partition coefficient (Wildman–Crippen LogP) is 7.48. The van der Waals surface area contributed by atoms with Crippen molar-refractivity contribution in [3.63, 3.8) is 0 Å². The molecule has 0 radical (unpaired) electrons. The minimum atomic E-state index is -0.513. The molecule has 0 bridgehead atoms. The number of ether oxygens (including phenoxy) is 2. The number of hydrogen-bond donors (Lipinski definition) is 1. The van der Waals surface area contributed by atoms with Crippen LogP contribution in [0.4, 0.5) is 16.2 Å². The van der Waals surface area contributed by atoms with E-state index in [4.69, 9.17) is 9.47 Å². The van der Waals surface area contributed by atoms with Gasteiger partial charge in [0.1, 0.15) is 11.7 Å². The lowest BCUT2D eigenvalue weighted by atomic mass is 9.91. The van der Waals surface area contributed by atoms with Crippen molar-refractivity contribution in [3.05, 3.63) is 84.4 Å². The first kappa shape index (κ1) is 35.9. The maximum Gasteiger partial charge on any atom is 0.411 e. The number of amides is 2. The number of piperidine rings is 2. The van der Waals surface area contributed by atoms with Crippen molar-refractivity contribution in [1.82, 2.24) is 9.80 Å². The minimum Gasteiger partial charge on any atom is -0.456 e. The average molecular weight is 669 g/mol. The zero-order valence-corrected chi connectivity index (χ0v) is 29.5. The zero-order chi connectivity index (χ0) is 34.8. The van der Waals surface area contributed by atoms with Gasteiger partial charge in [-0.2, -0.15) is 0 Å². The van der Waals surface area contributed by atoms with Crippen LogP contribution in [0.2, 0.25) is 0 Å². The zero-order valence-electron chi connectivity index (χ0n) is 29.5. The number of anilines is 2. The largest absolute Gasteiger partial charge is 0.456 e. The Hall–Kier alpha value is -4.37. The Morgan fingerprint density at radius 3 is 2.16 bits per heavy atom. The standard InChI is InChI=1S/C40H52N4O5/c1-40(2,3)49-38(46)32-15-17-33(18-16-32)44-26-20-30(21-27-44)14-19-37(45)42(4)28-29-43-24-22-34(23-25-43)48-39(47)41-36-13-9-8-12-35(36)31-10-6-5-7-11-31/h5-13,15-18,30,34H,14,19-29H2,1-4H3,(H,41,47). The Morgan fingerprint density at radius 2 is 1.49 bits per heavy atom. The summed E-state index contributed by atoms with van der Waals surface area (Å²) < 4.78 is 11.3. The molecule has 2 aliphatic rings. The fourth-order valence-corrected chi connectivity index (χ4v) is 6.56. The van der Waals surface area contributed by atoms with Crippen molar-refractivity contribution < 1.29 is 23.9 Å². The second-order valence-corrected chi connectivity index (χ2v) is 14.3. The van der Waals surface area contributed by atoms with E-state index in [2.05, 4.69) is 15.1 Å². The highest BCUT2D eigenvalue weighted by Gasteiger charge is 2.25. The van der Waals surface area contributed by atoms with Crippen LogP contribution in [-0.4, -0.2) is 85.8 Å². The second-order valence-electron chi connectivity index (χ2n) is 14.3. The third-order valence-electron chi connectivity index (χ3n) is 9.48. The van der Waals surface area contributed by atoms with Crippen LogP contribution in [0.1, 0.15) is 69.7 Å². The van der Waals surface area contributed by atoms with Gasteiger partial charge in [-0.15, -0.1) is 0 Å². The van der Waals surface area contributed by atoms with Crippen LogP contribution < -0.4 is 10.2 Å². The van der Waals surface area contributed by atoms with Gasteiger partial charge in [0.2, 0.25) is 5.91 Å². The molecule has 0 aliphatic carbocycles. The highest BCUT2D eigenvalue weighted by atomic mass is 16.6. The number of rotatable bonds is 11. The molecule has 5 rings (SSSR count). The highest BCUT2D eigenvalue weighted by molar-refractivity contribution is 5.91. The van der Waals surface area contributed by atoms with Crippen LogP contribution >= 0.6 is 0 Å². The van der Waals surface area contributed by atoms with Crippen molar-refractivity contribution in [3.8, 4) is 11.1 Å². The van der Waals surface area contributed by atoms with E-state index in [1.165, 1.54) is 0 Å². The number of nitrogens with zero attached hydrogens (tertiary/aromatic N) is 3. The van der Waals surface area contributed by atoms with Crippen LogP contribution in [0, 0.1) is 5.92 Å². The predicted molar refractivity (Wildman–Crippen MR) is 195 cm³/mol. The molecule has 0 spiro atoms. The van der Waals surface area contributed by atoms with Gasteiger partial charge in [-0.25, -0.2) is 9.59 Å². The third kappa shape index (κ3) is 10.8. The molecule has 2 amide bonds. The maximum absolute atomic E-state index is 13.0. The number of para-hydroxylation sites is 1. The number of likely N-dealkylation sites (tertiary alicyclic amines) is 1. The van der Waals surface area contributed by atoms with Gasteiger partial charge < -0.3 is 24.2 Å².